The van der Waals surface area contributed by atoms with E-state index in [0.29, 0.717) is 0 Å². The molecule has 0 saturated heterocycles. The second-order valence-corrected chi connectivity index (χ2v) is 19.4. The molecule has 1 aromatic heterocycles. The van der Waals surface area contributed by atoms with Gasteiger partial charge in [0.1, 0.15) is 0 Å². The largest absolute Gasteiger partial charge is 0.309 e. The van der Waals surface area contributed by atoms with E-state index < -0.39 is 5.41 Å². The third kappa shape index (κ3) is 5.58. The molecular weight excluding hydrogens is 815 g/mol. The number of benzene rings is 10. The molecule has 0 bridgehead atoms. The fourth-order valence-corrected chi connectivity index (χ4v) is 12.8. The average molecular weight is 860 g/mol. The van der Waals surface area contributed by atoms with E-state index in [4.69, 9.17) is 0 Å². The van der Waals surface area contributed by atoms with Crippen LogP contribution in [0, 0.1) is 0 Å². The zero-order chi connectivity index (χ0) is 44.0. The quantitative estimate of drug-likeness (QED) is 0.154. The van der Waals surface area contributed by atoms with Gasteiger partial charge in [-0.15, -0.1) is 11.3 Å². The Morgan fingerprint density at radius 2 is 0.894 bits per heavy atom. The molecule has 1 heterocycles. The minimum absolute atomic E-state index is 0.120. The second-order valence-electron chi connectivity index (χ2n) is 18.3. The second kappa shape index (κ2) is 14.9. The first-order valence-electron chi connectivity index (χ1n) is 23.0. The van der Waals surface area contributed by atoms with E-state index in [0.717, 1.165) is 17.1 Å². The molecule has 13 rings (SSSR count). The van der Waals surface area contributed by atoms with Crippen molar-refractivity contribution in [2.75, 3.05) is 4.90 Å². The predicted molar refractivity (Wildman–Crippen MR) is 280 cm³/mol. The van der Waals surface area contributed by atoms with Gasteiger partial charge in [0.25, 0.3) is 0 Å². The molecule has 312 valence electrons. The van der Waals surface area contributed by atoms with E-state index in [9.17, 15) is 0 Å². The van der Waals surface area contributed by atoms with Gasteiger partial charge in [-0.3, -0.25) is 0 Å². The van der Waals surface area contributed by atoms with E-state index in [1.54, 1.807) is 0 Å². The molecule has 2 aliphatic carbocycles. The molecule has 0 atom stereocenters. The normalized spacial score (nSPS) is 13.8. The molecule has 2 heteroatoms. The molecule has 66 heavy (non-hydrogen) atoms. The molecule has 1 nitrogen and oxygen atoms in total. The molecule has 0 amide bonds. The van der Waals surface area contributed by atoms with Crippen LogP contribution in [0.5, 0.6) is 0 Å². The zero-order valence-corrected chi connectivity index (χ0v) is 37.7. The molecular formula is C64H45NS. The summed E-state index contributed by atoms with van der Waals surface area (Å²) in [6.45, 7) is 4.74. The lowest BCUT2D eigenvalue weighted by molar-refractivity contribution is 0.660. The average Bonchev–Trinajstić information content (AvgIpc) is 3.98. The SMILES string of the molecule is CC1(C)c2ccccc2-c2c(-c3ccccc3N(c3ccc4c(c3)-c3ccccc3C4(c3ccccc3)c3ccccc3)c3ccccc3-c3ccc4sc5ccccc5c4c3)cccc21. The topological polar surface area (TPSA) is 3.24 Å². The van der Waals surface area contributed by atoms with Gasteiger partial charge in [-0.2, -0.15) is 0 Å². The molecule has 2 aliphatic rings. The minimum Gasteiger partial charge on any atom is -0.309 e. The van der Waals surface area contributed by atoms with Crippen LogP contribution in [0.4, 0.5) is 17.1 Å². The fourth-order valence-electron chi connectivity index (χ4n) is 11.7. The smallest absolute Gasteiger partial charge is 0.0713 e. The number of fused-ring (bicyclic) bond motifs is 9. The number of para-hydroxylation sites is 2. The highest BCUT2D eigenvalue weighted by Crippen LogP contribution is 2.59. The first kappa shape index (κ1) is 38.7. The Morgan fingerprint density at radius 3 is 1.65 bits per heavy atom. The van der Waals surface area contributed by atoms with Crippen molar-refractivity contribution in [3.05, 3.63) is 270 Å². The van der Waals surface area contributed by atoms with Crippen molar-refractivity contribution < 1.29 is 0 Å². The maximum absolute atomic E-state index is 2.54. The Kier molecular flexibility index (Phi) is 8.72. The Morgan fingerprint density at radius 1 is 0.348 bits per heavy atom. The van der Waals surface area contributed by atoms with Gasteiger partial charge in [-0.05, 0) is 109 Å². The first-order chi connectivity index (χ1) is 32.5. The lowest BCUT2D eigenvalue weighted by Gasteiger charge is -2.34. The van der Waals surface area contributed by atoms with Gasteiger partial charge < -0.3 is 4.90 Å². The van der Waals surface area contributed by atoms with Crippen LogP contribution in [0.25, 0.3) is 64.7 Å². The van der Waals surface area contributed by atoms with E-state index in [1.807, 2.05) is 11.3 Å². The molecule has 0 aliphatic heterocycles. The van der Waals surface area contributed by atoms with Crippen molar-refractivity contribution >= 4 is 48.6 Å². The zero-order valence-electron chi connectivity index (χ0n) is 36.9. The number of anilines is 3. The third-order valence-electron chi connectivity index (χ3n) is 14.6. The van der Waals surface area contributed by atoms with Gasteiger partial charge in [-0.1, -0.05) is 208 Å². The summed E-state index contributed by atoms with van der Waals surface area (Å²) in [6.07, 6.45) is 0. The highest BCUT2D eigenvalue weighted by atomic mass is 32.1. The van der Waals surface area contributed by atoms with Crippen LogP contribution < -0.4 is 4.90 Å². The lowest BCUT2D eigenvalue weighted by atomic mass is 9.68. The van der Waals surface area contributed by atoms with Gasteiger partial charge in [0.2, 0.25) is 0 Å². The van der Waals surface area contributed by atoms with E-state index in [1.165, 1.54) is 98.1 Å². The molecule has 0 unspecified atom stereocenters. The predicted octanol–water partition coefficient (Wildman–Crippen LogP) is 17.5. The molecule has 0 radical (unpaired) electrons. The fraction of sp³-hybridized carbons (Fsp3) is 0.0625. The molecule has 10 aromatic carbocycles. The maximum atomic E-state index is 2.54. The van der Waals surface area contributed by atoms with Crippen LogP contribution in [0.1, 0.15) is 47.2 Å². The van der Waals surface area contributed by atoms with Crippen molar-refractivity contribution in [3.8, 4) is 44.5 Å². The number of rotatable bonds is 7. The summed E-state index contributed by atoms with van der Waals surface area (Å²) in [5.41, 5.74) is 20.6. The van der Waals surface area contributed by atoms with Crippen LogP contribution in [-0.4, -0.2) is 0 Å². The Labute approximate surface area is 390 Å². The molecule has 0 N–H and O–H groups in total. The van der Waals surface area contributed by atoms with Gasteiger partial charge >= 0.3 is 0 Å². The van der Waals surface area contributed by atoms with E-state index in [2.05, 4.69) is 255 Å². The van der Waals surface area contributed by atoms with Crippen molar-refractivity contribution in [2.45, 2.75) is 24.7 Å². The van der Waals surface area contributed by atoms with Gasteiger partial charge in [0, 0.05) is 42.4 Å². The highest BCUT2D eigenvalue weighted by molar-refractivity contribution is 7.25. The van der Waals surface area contributed by atoms with E-state index in [-0.39, 0.29) is 5.41 Å². The summed E-state index contributed by atoms with van der Waals surface area (Å²) in [6, 6.07) is 88.4. The minimum atomic E-state index is -0.489. The lowest BCUT2D eigenvalue weighted by Crippen LogP contribution is -2.28. The van der Waals surface area contributed by atoms with Crippen molar-refractivity contribution in [1.82, 2.24) is 0 Å². The van der Waals surface area contributed by atoms with Gasteiger partial charge in [-0.25, -0.2) is 0 Å². The standard InChI is InChI=1S/C64H45NS/c1-63(2)54-30-14-10-28-51(54)62-50(29-19-32-57(62)63)48-26-12-17-34-59(48)65(58-33-16-11-24-46(58)42-36-39-61-53(40-42)49-27-13-18-35-60(49)66-61)45-37-38-56-52(41-45)47-25-9-15-31-55(47)64(56,43-20-5-3-6-21-43)44-22-7-4-8-23-44/h3-41H,1-2H3. The Bertz CT molecular complexity index is 3650. The van der Waals surface area contributed by atoms with Crippen LogP contribution >= 0.6 is 11.3 Å². The number of hydrogen-bond donors (Lipinski definition) is 0. The third-order valence-corrected chi connectivity index (χ3v) is 15.7. The van der Waals surface area contributed by atoms with Crippen molar-refractivity contribution in [2.24, 2.45) is 0 Å². The first-order valence-corrected chi connectivity index (χ1v) is 23.8. The molecule has 0 saturated carbocycles. The summed E-state index contributed by atoms with van der Waals surface area (Å²) in [5, 5.41) is 2.60. The number of hydrogen-bond acceptors (Lipinski definition) is 2. The number of nitrogens with zero attached hydrogens (tertiary/aromatic N) is 1. The van der Waals surface area contributed by atoms with E-state index >= 15 is 0 Å². The van der Waals surface area contributed by atoms with Gasteiger partial charge in [0.15, 0.2) is 0 Å². The Hall–Kier alpha value is -7.78. The van der Waals surface area contributed by atoms with Crippen LogP contribution in [0.2, 0.25) is 0 Å². The highest BCUT2D eigenvalue weighted by Gasteiger charge is 2.46. The van der Waals surface area contributed by atoms with Crippen LogP contribution in [0.15, 0.2) is 237 Å². The summed E-state index contributed by atoms with van der Waals surface area (Å²) < 4.78 is 2.62. The summed E-state index contributed by atoms with van der Waals surface area (Å²) >= 11 is 1.87. The summed E-state index contributed by atoms with van der Waals surface area (Å²) in [7, 11) is 0. The molecule has 0 spiro atoms. The molecule has 11 aromatic rings. The monoisotopic (exact) mass is 859 g/mol. The number of thiophene rings is 1. The molecule has 0 fully saturated rings. The Balaban J connectivity index is 1.09. The van der Waals surface area contributed by atoms with Crippen molar-refractivity contribution in [3.63, 3.8) is 0 Å². The summed E-state index contributed by atoms with van der Waals surface area (Å²) in [5.74, 6) is 0. The van der Waals surface area contributed by atoms with Crippen molar-refractivity contribution in [1.29, 1.82) is 0 Å². The van der Waals surface area contributed by atoms with Crippen LogP contribution in [0.3, 0.4) is 0 Å². The van der Waals surface area contributed by atoms with Gasteiger partial charge in [0.05, 0.1) is 16.8 Å². The maximum Gasteiger partial charge on any atom is 0.0713 e. The summed E-state index contributed by atoms with van der Waals surface area (Å²) in [4.78, 5) is 2.54. The van der Waals surface area contributed by atoms with Crippen LogP contribution in [-0.2, 0) is 10.8 Å².